The number of hydrogen-bond donors (Lipinski definition) is 0. The molecule has 5 aromatic rings. The molecule has 0 radical (unpaired) electrons. The number of para-hydroxylation sites is 1. The minimum absolute atomic E-state index is 0.469. The molecule has 1 aliphatic rings. The van der Waals surface area contributed by atoms with Crippen LogP contribution < -0.4 is 24.6 Å². The predicted molar refractivity (Wildman–Crippen MR) is 152 cm³/mol. The molecular weight excluding hydrogens is 479 g/mol. The molecule has 5 aromatic carbocycles. The zero-order valence-corrected chi connectivity index (χ0v) is 21.4. The summed E-state index contributed by atoms with van der Waals surface area (Å²) in [6.45, 7) is 0. The van der Waals surface area contributed by atoms with E-state index in [2.05, 4.69) is 30.3 Å². The largest absolute Gasteiger partial charge is 0.496 e. The molecule has 37 heavy (non-hydrogen) atoms. The molecular formula is C32H25O4P. The summed E-state index contributed by atoms with van der Waals surface area (Å²) >= 11 is 0. The van der Waals surface area contributed by atoms with Crippen LogP contribution in [0.25, 0.3) is 34.1 Å². The Bertz CT molecular complexity index is 1710. The Morgan fingerprint density at radius 3 is 2.16 bits per heavy atom. The maximum absolute atomic E-state index is 14.7. The molecule has 0 aliphatic carbocycles. The summed E-state index contributed by atoms with van der Waals surface area (Å²) in [5.74, 6) is 1.66. The number of fused-ring (bicyclic) bond motifs is 4. The van der Waals surface area contributed by atoms with Gasteiger partial charge in [0, 0.05) is 11.1 Å². The minimum Gasteiger partial charge on any atom is -0.496 e. The highest BCUT2D eigenvalue weighted by Crippen LogP contribution is 2.55. The van der Waals surface area contributed by atoms with Crippen molar-refractivity contribution in [3.05, 3.63) is 114 Å². The summed E-state index contributed by atoms with van der Waals surface area (Å²) in [5, 5.41) is 3.46. The fraction of sp³-hybridized carbons (Fsp3) is 0.0625. The molecule has 182 valence electrons. The standard InChI is InChI=1S/C32H25O4P/c1-34-29-21-32(37(33)31-17-8-6-15-27(31)26-14-5-7-16-28(26)36-37)30(35-2)20-24(29)19-18-23-12-9-11-22-10-3-4-13-25(22)23/h3-21H,1-2H3. The van der Waals surface area contributed by atoms with Crippen LogP contribution in [0.1, 0.15) is 11.1 Å². The predicted octanol–water partition coefficient (Wildman–Crippen LogP) is 7.32. The van der Waals surface area contributed by atoms with E-state index in [0.717, 1.165) is 22.3 Å². The van der Waals surface area contributed by atoms with E-state index in [-0.39, 0.29) is 0 Å². The van der Waals surface area contributed by atoms with Gasteiger partial charge in [0.1, 0.15) is 17.2 Å². The van der Waals surface area contributed by atoms with Crippen LogP contribution in [0.3, 0.4) is 0 Å². The minimum atomic E-state index is -3.54. The molecule has 0 aromatic heterocycles. The van der Waals surface area contributed by atoms with E-state index in [0.29, 0.717) is 27.9 Å². The number of hydrogen-bond acceptors (Lipinski definition) is 4. The number of ether oxygens (including phenoxy) is 2. The van der Waals surface area contributed by atoms with E-state index in [1.807, 2.05) is 78.9 Å². The number of benzene rings is 5. The van der Waals surface area contributed by atoms with Crippen molar-refractivity contribution in [2.45, 2.75) is 0 Å². The van der Waals surface area contributed by atoms with Crippen LogP contribution in [0.2, 0.25) is 0 Å². The molecule has 0 spiro atoms. The van der Waals surface area contributed by atoms with Gasteiger partial charge in [-0.1, -0.05) is 91.0 Å². The molecule has 0 saturated carbocycles. The van der Waals surface area contributed by atoms with Gasteiger partial charge in [0.05, 0.1) is 24.8 Å². The van der Waals surface area contributed by atoms with Crippen molar-refractivity contribution in [2.24, 2.45) is 0 Å². The zero-order chi connectivity index (χ0) is 25.4. The van der Waals surface area contributed by atoms with E-state index in [9.17, 15) is 4.57 Å². The summed E-state index contributed by atoms with van der Waals surface area (Å²) in [6.07, 6.45) is 4.05. The van der Waals surface area contributed by atoms with E-state index in [4.69, 9.17) is 14.0 Å². The van der Waals surface area contributed by atoms with Crippen LogP contribution in [-0.2, 0) is 4.57 Å². The molecule has 0 saturated heterocycles. The first-order valence-corrected chi connectivity index (χ1v) is 13.7. The number of methoxy groups -OCH3 is 2. The maximum Gasteiger partial charge on any atom is 0.311 e. The Balaban J connectivity index is 1.48. The monoisotopic (exact) mass is 504 g/mol. The Kier molecular flexibility index (Phi) is 5.82. The van der Waals surface area contributed by atoms with E-state index in [1.54, 1.807) is 20.3 Å². The molecule has 1 unspecified atom stereocenters. The topological polar surface area (TPSA) is 44.8 Å². The van der Waals surface area contributed by atoms with Crippen LogP contribution in [0.15, 0.2) is 103 Å². The average Bonchev–Trinajstić information content (AvgIpc) is 2.95. The highest BCUT2D eigenvalue weighted by Gasteiger charge is 2.40. The lowest BCUT2D eigenvalue weighted by Crippen LogP contribution is -2.26. The summed E-state index contributed by atoms with van der Waals surface area (Å²) in [4.78, 5) is 0. The molecule has 6 rings (SSSR count). The van der Waals surface area contributed by atoms with Crippen molar-refractivity contribution in [1.29, 1.82) is 0 Å². The molecule has 1 aliphatic heterocycles. The first kappa shape index (κ1) is 23.1. The fourth-order valence-electron chi connectivity index (χ4n) is 4.93. The average molecular weight is 505 g/mol. The first-order valence-electron chi connectivity index (χ1n) is 12.0. The summed E-state index contributed by atoms with van der Waals surface area (Å²) < 4.78 is 32.6. The molecule has 5 heteroatoms. The second-order valence-electron chi connectivity index (χ2n) is 8.82. The smallest absolute Gasteiger partial charge is 0.311 e. The van der Waals surface area contributed by atoms with Crippen molar-refractivity contribution in [2.75, 3.05) is 14.2 Å². The van der Waals surface area contributed by atoms with E-state index in [1.165, 1.54) is 10.8 Å². The van der Waals surface area contributed by atoms with Gasteiger partial charge in [-0.2, -0.15) is 0 Å². The van der Waals surface area contributed by atoms with Gasteiger partial charge in [0.15, 0.2) is 0 Å². The molecule has 0 N–H and O–H groups in total. The lowest BCUT2D eigenvalue weighted by molar-refractivity contribution is 0.403. The molecule has 1 heterocycles. The Labute approximate surface area is 216 Å². The van der Waals surface area contributed by atoms with Crippen LogP contribution in [-0.4, -0.2) is 14.2 Å². The third-order valence-corrected chi connectivity index (χ3v) is 9.20. The molecule has 0 amide bonds. The van der Waals surface area contributed by atoms with Gasteiger partial charge in [-0.15, -0.1) is 0 Å². The lowest BCUT2D eigenvalue weighted by Gasteiger charge is -2.30. The highest BCUT2D eigenvalue weighted by atomic mass is 31.2. The molecule has 0 bridgehead atoms. The maximum atomic E-state index is 14.7. The van der Waals surface area contributed by atoms with Crippen molar-refractivity contribution in [1.82, 2.24) is 0 Å². The quantitative estimate of drug-likeness (QED) is 0.186. The van der Waals surface area contributed by atoms with Gasteiger partial charge < -0.3 is 14.0 Å². The second kappa shape index (κ2) is 9.31. The van der Waals surface area contributed by atoms with Crippen molar-refractivity contribution >= 4 is 40.9 Å². The van der Waals surface area contributed by atoms with Crippen molar-refractivity contribution in [3.63, 3.8) is 0 Å². The van der Waals surface area contributed by atoms with Gasteiger partial charge in [-0.3, -0.25) is 4.57 Å². The lowest BCUT2D eigenvalue weighted by atomic mass is 10.0. The van der Waals surface area contributed by atoms with Crippen LogP contribution >= 0.6 is 7.37 Å². The Morgan fingerprint density at radius 1 is 0.649 bits per heavy atom. The first-order chi connectivity index (χ1) is 18.1. The summed E-state index contributed by atoms with van der Waals surface area (Å²) in [5.41, 5.74) is 3.73. The van der Waals surface area contributed by atoms with Crippen molar-refractivity contribution < 1.29 is 18.6 Å². The van der Waals surface area contributed by atoms with Gasteiger partial charge in [-0.25, -0.2) is 0 Å². The third-order valence-electron chi connectivity index (χ3n) is 6.74. The molecule has 4 nitrogen and oxygen atoms in total. The van der Waals surface area contributed by atoms with E-state index < -0.39 is 7.37 Å². The van der Waals surface area contributed by atoms with Crippen LogP contribution in [0, 0.1) is 0 Å². The second-order valence-corrected chi connectivity index (χ2v) is 11.1. The third kappa shape index (κ3) is 3.91. The van der Waals surface area contributed by atoms with Gasteiger partial charge in [0.25, 0.3) is 0 Å². The highest BCUT2D eigenvalue weighted by molar-refractivity contribution is 7.75. The SMILES string of the molecule is COc1cc(P2(=O)Oc3ccccc3-c3ccccc32)c(OC)cc1C=Cc1cccc2ccccc12. The zero-order valence-electron chi connectivity index (χ0n) is 20.5. The van der Waals surface area contributed by atoms with Crippen LogP contribution in [0.5, 0.6) is 17.2 Å². The van der Waals surface area contributed by atoms with E-state index >= 15 is 0 Å². The fourth-order valence-corrected chi connectivity index (χ4v) is 7.35. The normalized spacial score (nSPS) is 16.2. The molecule has 0 fully saturated rings. The van der Waals surface area contributed by atoms with Crippen molar-refractivity contribution in [3.8, 4) is 28.4 Å². The summed E-state index contributed by atoms with van der Waals surface area (Å²) in [7, 11) is -0.345. The van der Waals surface area contributed by atoms with Gasteiger partial charge in [0.2, 0.25) is 0 Å². The molecule has 1 atom stereocenters. The van der Waals surface area contributed by atoms with Crippen LogP contribution in [0.4, 0.5) is 0 Å². The Morgan fingerprint density at radius 2 is 1.32 bits per heavy atom. The van der Waals surface area contributed by atoms with Gasteiger partial charge >= 0.3 is 7.37 Å². The van der Waals surface area contributed by atoms with Gasteiger partial charge in [-0.05, 0) is 46.2 Å². The summed E-state index contributed by atoms with van der Waals surface area (Å²) in [6, 6.07) is 33.5. The number of rotatable bonds is 5. The Hall–Kier alpha value is -4.27.